The second-order valence-corrected chi connectivity index (χ2v) is 5.91. The molecular weight excluding hydrogens is 248 g/mol. The number of fused-ring (bicyclic) bond motifs is 1. The molecule has 18 heavy (non-hydrogen) atoms. The number of nitrogens with zero attached hydrogens (tertiary/aromatic N) is 3. The number of rotatable bonds is 3. The quantitative estimate of drug-likeness (QED) is 0.904. The van der Waals surface area contributed by atoms with Crippen LogP contribution in [0, 0.1) is 5.92 Å². The molecule has 2 aliphatic heterocycles. The lowest BCUT2D eigenvalue weighted by Crippen LogP contribution is -2.52. The summed E-state index contributed by atoms with van der Waals surface area (Å²) in [5.41, 5.74) is 0. The van der Waals surface area contributed by atoms with Gasteiger partial charge in [0.15, 0.2) is 0 Å². The van der Waals surface area contributed by atoms with Crippen molar-refractivity contribution in [1.82, 2.24) is 20.0 Å². The predicted molar refractivity (Wildman–Crippen MR) is 72.8 cm³/mol. The minimum Gasteiger partial charge on any atom is -0.314 e. The van der Waals surface area contributed by atoms with Gasteiger partial charge in [0.2, 0.25) is 0 Å². The van der Waals surface area contributed by atoms with Crippen molar-refractivity contribution in [3.63, 3.8) is 0 Å². The number of halogens is 1. The maximum atomic E-state index is 5.87. The Morgan fingerprint density at radius 3 is 3.17 bits per heavy atom. The molecule has 0 amide bonds. The second kappa shape index (κ2) is 5.59. The van der Waals surface area contributed by atoms with Crippen LogP contribution in [-0.4, -0.2) is 46.9 Å². The Morgan fingerprint density at radius 2 is 2.33 bits per heavy atom. The monoisotopic (exact) mass is 268 g/mol. The van der Waals surface area contributed by atoms with Crippen LogP contribution < -0.4 is 5.32 Å². The maximum absolute atomic E-state index is 5.87. The lowest BCUT2D eigenvalue weighted by atomic mass is 9.85. The number of nitrogens with one attached hydrogen (secondary N) is 1. The van der Waals surface area contributed by atoms with Crippen LogP contribution in [0.3, 0.4) is 0 Å². The zero-order valence-electron chi connectivity index (χ0n) is 10.7. The molecule has 5 heteroatoms. The summed E-state index contributed by atoms with van der Waals surface area (Å²) in [6, 6.07) is 0.772. The van der Waals surface area contributed by atoms with E-state index in [-0.39, 0.29) is 0 Å². The van der Waals surface area contributed by atoms with Crippen LogP contribution >= 0.6 is 11.6 Å². The maximum Gasteiger partial charge on any atom is 0.0785 e. The van der Waals surface area contributed by atoms with E-state index in [0.717, 1.165) is 30.1 Å². The van der Waals surface area contributed by atoms with Crippen molar-refractivity contribution in [3.8, 4) is 0 Å². The van der Waals surface area contributed by atoms with E-state index < -0.39 is 0 Å². The molecule has 100 valence electrons. The first-order valence-electron chi connectivity index (χ1n) is 6.95. The SMILES string of the molecule is Clc1cnn(CCN2CC[C@@H]3NCCC[C@@H]3C2)c1. The molecule has 0 aliphatic carbocycles. The molecule has 2 fully saturated rings. The lowest BCUT2D eigenvalue weighted by Gasteiger charge is -2.41. The van der Waals surface area contributed by atoms with Gasteiger partial charge in [0.25, 0.3) is 0 Å². The van der Waals surface area contributed by atoms with E-state index in [9.17, 15) is 0 Å². The first-order chi connectivity index (χ1) is 8.81. The normalized spacial score (nSPS) is 29.2. The Labute approximate surface area is 113 Å². The van der Waals surface area contributed by atoms with Crippen molar-refractivity contribution in [2.45, 2.75) is 31.8 Å². The molecule has 0 unspecified atom stereocenters. The molecule has 1 aromatic rings. The smallest absolute Gasteiger partial charge is 0.0785 e. The minimum atomic E-state index is 0.727. The second-order valence-electron chi connectivity index (χ2n) is 5.47. The number of hydrogen-bond donors (Lipinski definition) is 1. The summed E-state index contributed by atoms with van der Waals surface area (Å²) in [6.07, 6.45) is 7.63. The highest BCUT2D eigenvalue weighted by molar-refractivity contribution is 6.30. The van der Waals surface area contributed by atoms with Crippen LogP contribution in [0.25, 0.3) is 0 Å². The van der Waals surface area contributed by atoms with E-state index in [0.29, 0.717) is 0 Å². The highest BCUT2D eigenvalue weighted by Crippen LogP contribution is 2.24. The summed E-state index contributed by atoms with van der Waals surface area (Å²) in [6.45, 7) is 5.70. The molecular formula is C13H21ClN4. The Balaban J connectivity index is 1.49. The van der Waals surface area contributed by atoms with E-state index >= 15 is 0 Å². The molecule has 1 N–H and O–H groups in total. The number of hydrogen-bond acceptors (Lipinski definition) is 3. The molecule has 0 spiro atoms. The molecule has 2 atom stereocenters. The van der Waals surface area contributed by atoms with Gasteiger partial charge in [-0.15, -0.1) is 0 Å². The van der Waals surface area contributed by atoms with Crippen LogP contribution in [0.4, 0.5) is 0 Å². The standard InChI is InChI=1S/C13H21ClN4/c14-12-8-16-18(10-12)7-6-17-5-3-13-11(9-17)2-1-4-15-13/h8,10-11,13,15H,1-7,9H2/t11-,13+/m1/s1. The Bertz CT molecular complexity index is 392. The first kappa shape index (κ1) is 12.5. The van der Waals surface area contributed by atoms with Crippen LogP contribution in [-0.2, 0) is 6.54 Å². The fourth-order valence-electron chi connectivity index (χ4n) is 3.23. The van der Waals surface area contributed by atoms with Crippen molar-refractivity contribution < 1.29 is 0 Å². The molecule has 0 radical (unpaired) electrons. The molecule has 1 aromatic heterocycles. The fraction of sp³-hybridized carbons (Fsp3) is 0.769. The Hall–Kier alpha value is -0.580. The zero-order valence-corrected chi connectivity index (χ0v) is 11.4. The van der Waals surface area contributed by atoms with Crippen LogP contribution in [0.1, 0.15) is 19.3 Å². The van der Waals surface area contributed by atoms with E-state index in [1.165, 1.54) is 38.9 Å². The molecule has 0 aromatic carbocycles. The molecule has 3 rings (SSSR count). The third-order valence-corrected chi connectivity index (χ3v) is 4.42. The number of likely N-dealkylation sites (tertiary alicyclic amines) is 1. The molecule has 2 aliphatic rings. The van der Waals surface area contributed by atoms with Crippen LogP contribution in [0.15, 0.2) is 12.4 Å². The molecule has 0 bridgehead atoms. The summed E-state index contributed by atoms with van der Waals surface area (Å²) in [4.78, 5) is 2.57. The van der Waals surface area contributed by atoms with E-state index in [4.69, 9.17) is 11.6 Å². The topological polar surface area (TPSA) is 33.1 Å². The Kier molecular flexibility index (Phi) is 3.87. The molecule has 4 nitrogen and oxygen atoms in total. The fourth-order valence-corrected chi connectivity index (χ4v) is 3.38. The van der Waals surface area contributed by atoms with E-state index in [1.807, 2.05) is 10.9 Å². The summed E-state index contributed by atoms with van der Waals surface area (Å²) in [5.74, 6) is 0.855. The van der Waals surface area contributed by atoms with Crippen LogP contribution in [0.5, 0.6) is 0 Å². The third-order valence-electron chi connectivity index (χ3n) is 4.22. The van der Waals surface area contributed by atoms with Gasteiger partial charge in [-0.25, -0.2) is 0 Å². The van der Waals surface area contributed by atoms with E-state index in [2.05, 4.69) is 15.3 Å². The number of piperidine rings is 2. The van der Waals surface area contributed by atoms with Crippen LogP contribution in [0.2, 0.25) is 5.02 Å². The van der Waals surface area contributed by atoms with Gasteiger partial charge in [-0.2, -0.15) is 5.10 Å². The van der Waals surface area contributed by atoms with Crippen molar-refractivity contribution in [1.29, 1.82) is 0 Å². The third kappa shape index (κ3) is 2.87. The van der Waals surface area contributed by atoms with Gasteiger partial charge in [-0.05, 0) is 38.3 Å². The summed E-state index contributed by atoms with van der Waals surface area (Å²) < 4.78 is 1.94. The average molecular weight is 269 g/mol. The summed E-state index contributed by atoms with van der Waals surface area (Å²) >= 11 is 5.87. The lowest BCUT2D eigenvalue weighted by molar-refractivity contribution is 0.110. The average Bonchev–Trinajstić information content (AvgIpc) is 2.82. The van der Waals surface area contributed by atoms with Gasteiger partial charge >= 0.3 is 0 Å². The van der Waals surface area contributed by atoms with E-state index in [1.54, 1.807) is 6.20 Å². The van der Waals surface area contributed by atoms with Gasteiger partial charge in [0.1, 0.15) is 0 Å². The summed E-state index contributed by atoms with van der Waals surface area (Å²) in [5, 5.41) is 8.61. The predicted octanol–water partition coefficient (Wildman–Crippen LogP) is 1.61. The van der Waals surface area contributed by atoms with Crippen molar-refractivity contribution in [2.75, 3.05) is 26.2 Å². The van der Waals surface area contributed by atoms with Crippen molar-refractivity contribution >= 4 is 11.6 Å². The van der Waals surface area contributed by atoms with Gasteiger partial charge in [-0.3, -0.25) is 4.68 Å². The van der Waals surface area contributed by atoms with Crippen molar-refractivity contribution in [3.05, 3.63) is 17.4 Å². The highest BCUT2D eigenvalue weighted by Gasteiger charge is 2.30. The van der Waals surface area contributed by atoms with Gasteiger partial charge < -0.3 is 10.2 Å². The van der Waals surface area contributed by atoms with Crippen molar-refractivity contribution in [2.24, 2.45) is 5.92 Å². The van der Waals surface area contributed by atoms with Gasteiger partial charge in [0, 0.05) is 25.3 Å². The highest BCUT2D eigenvalue weighted by atomic mass is 35.5. The van der Waals surface area contributed by atoms with Gasteiger partial charge in [-0.1, -0.05) is 11.6 Å². The molecule has 2 saturated heterocycles. The zero-order chi connectivity index (χ0) is 12.4. The Morgan fingerprint density at radius 1 is 1.39 bits per heavy atom. The minimum absolute atomic E-state index is 0.727. The molecule has 3 heterocycles. The van der Waals surface area contributed by atoms with Gasteiger partial charge in [0.05, 0.1) is 17.8 Å². The first-order valence-corrected chi connectivity index (χ1v) is 7.33. The molecule has 0 saturated carbocycles. The largest absolute Gasteiger partial charge is 0.314 e. The summed E-state index contributed by atoms with van der Waals surface area (Å²) in [7, 11) is 0. The number of aromatic nitrogens is 2.